The van der Waals surface area contributed by atoms with E-state index in [1.165, 1.54) is 29.0 Å². The van der Waals surface area contributed by atoms with Crippen molar-refractivity contribution in [3.63, 3.8) is 0 Å². The molecule has 1 aromatic heterocycles. The standard InChI is InChI=1S/C29H37FN4O5S2/c1-18-12-22(38-7)9-8-21(18)15-34(27-16-40-17-31-27)41(36,37)26-13-19(2)25(14-23(26)30)32-24-10-11-33(20(24)3)28(35)39-29(4,5)6/h8-9,12-14,16-17,20,24,32H,10-11,15H2,1-7H3/t20-,24?/m1/s1. The number of nitrogens with one attached hydrogen (secondary N) is 1. The van der Waals surface area contributed by atoms with Crippen molar-refractivity contribution in [2.75, 3.05) is 23.3 Å². The van der Waals surface area contributed by atoms with Gasteiger partial charge < -0.3 is 19.7 Å². The number of benzene rings is 2. The van der Waals surface area contributed by atoms with Gasteiger partial charge in [0.25, 0.3) is 10.0 Å². The summed E-state index contributed by atoms with van der Waals surface area (Å²) in [5.41, 5.74) is 3.53. The first kappa shape index (κ1) is 30.6. The van der Waals surface area contributed by atoms with E-state index in [0.29, 0.717) is 30.0 Å². The maximum Gasteiger partial charge on any atom is 0.410 e. The van der Waals surface area contributed by atoms with Gasteiger partial charge in [0, 0.05) is 23.7 Å². The SMILES string of the molecule is COc1ccc(CN(c2cscn2)S(=O)(=O)c2cc(C)c(NC3CCN(C(=O)OC(C)(C)C)[C@@H]3C)cc2F)c(C)c1. The van der Waals surface area contributed by atoms with Crippen LogP contribution in [0.15, 0.2) is 46.1 Å². The van der Waals surface area contributed by atoms with E-state index in [2.05, 4.69) is 10.3 Å². The van der Waals surface area contributed by atoms with Gasteiger partial charge in [-0.2, -0.15) is 0 Å². The fourth-order valence-corrected chi connectivity index (χ4v) is 6.91. The van der Waals surface area contributed by atoms with Gasteiger partial charge in [0.15, 0.2) is 5.82 Å². The van der Waals surface area contributed by atoms with Crippen molar-refractivity contribution in [2.24, 2.45) is 0 Å². The molecule has 1 unspecified atom stereocenters. The number of carbonyl (C=O) groups is 1. The molecule has 41 heavy (non-hydrogen) atoms. The molecule has 0 radical (unpaired) electrons. The maximum absolute atomic E-state index is 15.6. The van der Waals surface area contributed by atoms with E-state index in [1.54, 1.807) is 36.4 Å². The lowest BCUT2D eigenvalue weighted by molar-refractivity contribution is 0.0235. The summed E-state index contributed by atoms with van der Waals surface area (Å²) in [6.45, 7) is 11.4. The topological polar surface area (TPSA) is 101 Å². The van der Waals surface area contributed by atoms with E-state index in [0.717, 1.165) is 15.4 Å². The Morgan fingerprint density at radius 2 is 1.95 bits per heavy atom. The summed E-state index contributed by atoms with van der Waals surface area (Å²) in [6, 6.07) is 7.56. The molecule has 222 valence electrons. The molecule has 0 bridgehead atoms. The maximum atomic E-state index is 15.6. The zero-order valence-electron chi connectivity index (χ0n) is 24.4. The van der Waals surface area contributed by atoms with Crippen LogP contribution in [-0.4, -0.2) is 55.7 Å². The number of hydrogen-bond donors (Lipinski definition) is 1. The first-order chi connectivity index (χ1) is 19.2. The molecule has 0 aliphatic carbocycles. The highest BCUT2D eigenvalue weighted by atomic mass is 32.2. The van der Waals surface area contributed by atoms with E-state index >= 15 is 4.39 Å². The summed E-state index contributed by atoms with van der Waals surface area (Å²) in [4.78, 5) is 18.1. The number of sulfonamides is 1. The molecule has 1 saturated heterocycles. The molecule has 0 saturated carbocycles. The quantitative estimate of drug-likeness (QED) is 0.331. The molecule has 2 aromatic carbocycles. The molecule has 1 aliphatic rings. The van der Waals surface area contributed by atoms with Crippen LogP contribution < -0.4 is 14.4 Å². The van der Waals surface area contributed by atoms with E-state index in [4.69, 9.17) is 9.47 Å². The number of methoxy groups -OCH3 is 1. The predicted octanol–water partition coefficient (Wildman–Crippen LogP) is 6.11. The Morgan fingerprint density at radius 1 is 1.22 bits per heavy atom. The lowest BCUT2D eigenvalue weighted by atomic mass is 10.1. The van der Waals surface area contributed by atoms with Gasteiger partial charge in [-0.15, -0.1) is 11.3 Å². The summed E-state index contributed by atoms with van der Waals surface area (Å²) in [5, 5.41) is 4.94. The molecule has 1 amide bonds. The minimum Gasteiger partial charge on any atom is -0.497 e. The molecule has 9 nitrogen and oxygen atoms in total. The number of rotatable bonds is 8. The zero-order chi connectivity index (χ0) is 30.1. The summed E-state index contributed by atoms with van der Waals surface area (Å²) < 4.78 is 55.4. The molecule has 4 rings (SSSR count). The minimum atomic E-state index is -4.33. The van der Waals surface area contributed by atoms with Gasteiger partial charge in [-0.3, -0.25) is 0 Å². The number of aromatic nitrogens is 1. The fraction of sp³-hybridized carbons (Fsp3) is 0.448. The minimum absolute atomic E-state index is 0.0273. The third-order valence-electron chi connectivity index (χ3n) is 7.11. The Morgan fingerprint density at radius 3 is 2.56 bits per heavy atom. The van der Waals surface area contributed by atoms with Crippen molar-refractivity contribution in [3.05, 3.63) is 63.7 Å². The Labute approximate surface area is 245 Å². The lowest BCUT2D eigenvalue weighted by Crippen LogP contribution is -2.42. The average Bonchev–Trinajstić information content (AvgIpc) is 3.54. The number of carbonyl (C=O) groups excluding carboxylic acids is 1. The molecule has 0 spiro atoms. The highest BCUT2D eigenvalue weighted by Gasteiger charge is 2.37. The molecule has 2 atom stereocenters. The lowest BCUT2D eigenvalue weighted by Gasteiger charge is -2.29. The van der Waals surface area contributed by atoms with Crippen LogP contribution in [0.3, 0.4) is 0 Å². The molecular formula is C29H37FN4O5S2. The monoisotopic (exact) mass is 604 g/mol. The second-order valence-electron chi connectivity index (χ2n) is 11.2. The molecule has 2 heterocycles. The van der Waals surface area contributed by atoms with E-state index in [9.17, 15) is 13.2 Å². The second kappa shape index (κ2) is 11.8. The van der Waals surface area contributed by atoms with Gasteiger partial charge in [0.2, 0.25) is 0 Å². The van der Waals surface area contributed by atoms with E-state index in [1.807, 2.05) is 40.7 Å². The van der Waals surface area contributed by atoms with Gasteiger partial charge in [0.1, 0.15) is 22.1 Å². The van der Waals surface area contributed by atoms with Crippen molar-refractivity contribution in [2.45, 2.75) is 77.1 Å². The van der Waals surface area contributed by atoms with Crippen molar-refractivity contribution < 1.29 is 27.1 Å². The van der Waals surface area contributed by atoms with Gasteiger partial charge in [0.05, 0.1) is 25.2 Å². The van der Waals surface area contributed by atoms with Crippen LogP contribution in [0.5, 0.6) is 5.75 Å². The van der Waals surface area contributed by atoms with Gasteiger partial charge in [-0.25, -0.2) is 26.9 Å². The van der Waals surface area contributed by atoms with Gasteiger partial charge >= 0.3 is 6.09 Å². The van der Waals surface area contributed by atoms with Gasteiger partial charge in [-0.1, -0.05) is 6.07 Å². The Balaban J connectivity index is 1.60. The predicted molar refractivity (Wildman–Crippen MR) is 159 cm³/mol. The van der Waals surface area contributed by atoms with Crippen LogP contribution in [0.25, 0.3) is 0 Å². The van der Waals surface area contributed by atoms with Crippen molar-refractivity contribution in [1.82, 2.24) is 9.88 Å². The first-order valence-corrected chi connectivity index (χ1v) is 15.7. The van der Waals surface area contributed by atoms with Crippen molar-refractivity contribution in [3.8, 4) is 5.75 Å². The summed E-state index contributed by atoms with van der Waals surface area (Å²) in [7, 11) is -2.76. The number of amides is 1. The molecular weight excluding hydrogens is 567 g/mol. The zero-order valence-corrected chi connectivity index (χ0v) is 26.0. The fourth-order valence-electron chi connectivity index (χ4n) is 4.78. The van der Waals surface area contributed by atoms with Crippen LogP contribution in [-0.2, 0) is 21.3 Å². The number of anilines is 2. The number of nitrogens with zero attached hydrogens (tertiary/aromatic N) is 3. The molecule has 1 fully saturated rings. The Bertz CT molecular complexity index is 1510. The Hall–Kier alpha value is -3.38. The Kier molecular flexibility index (Phi) is 8.84. The molecule has 1 aliphatic heterocycles. The summed E-state index contributed by atoms with van der Waals surface area (Å²) in [6.07, 6.45) is 0.244. The largest absolute Gasteiger partial charge is 0.497 e. The van der Waals surface area contributed by atoms with Crippen LogP contribution in [0.1, 0.15) is 50.8 Å². The number of halogens is 1. The summed E-state index contributed by atoms with van der Waals surface area (Å²) >= 11 is 1.25. The van der Waals surface area contributed by atoms with E-state index < -0.39 is 32.4 Å². The first-order valence-electron chi connectivity index (χ1n) is 13.3. The molecule has 12 heteroatoms. The third kappa shape index (κ3) is 6.75. The molecule has 3 aromatic rings. The number of thiazole rings is 1. The van der Waals surface area contributed by atoms with Gasteiger partial charge in [-0.05, 0) is 88.9 Å². The number of hydrogen-bond acceptors (Lipinski definition) is 8. The average molecular weight is 605 g/mol. The van der Waals surface area contributed by atoms with Crippen LogP contribution in [0, 0.1) is 19.7 Å². The van der Waals surface area contributed by atoms with Crippen LogP contribution >= 0.6 is 11.3 Å². The number of ether oxygens (including phenoxy) is 2. The normalized spacial score (nSPS) is 17.4. The number of aryl methyl sites for hydroxylation is 2. The third-order valence-corrected chi connectivity index (χ3v) is 9.45. The molecule has 1 N–H and O–H groups in total. The highest BCUT2D eigenvalue weighted by Crippen LogP contribution is 2.33. The van der Waals surface area contributed by atoms with Crippen LogP contribution in [0.4, 0.5) is 20.7 Å². The van der Waals surface area contributed by atoms with Crippen molar-refractivity contribution >= 4 is 39.0 Å². The van der Waals surface area contributed by atoms with Crippen molar-refractivity contribution in [1.29, 1.82) is 0 Å². The smallest absolute Gasteiger partial charge is 0.410 e. The summed E-state index contributed by atoms with van der Waals surface area (Å²) in [5.74, 6) is -0.00390. The number of likely N-dealkylation sites (tertiary alicyclic amines) is 1. The van der Waals surface area contributed by atoms with Crippen LogP contribution in [0.2, 0.25) is 0 Å². The van der Waals surface area contributed by atoms with E-state index in [-0.39, 0.29) is 24.4 Å². The second-order valence-corrected chi connectivity index (χ2v) is 13.8. The highest BCUT2D eigenvalue weighted by molar-refractivity contribution is 7.92.